The minimum atomic E-state index is 0.630. The molecule has 2 nitrogen and oxygen atoms in total. The van der Waals surface area contributed by atoms with Gasteiger partial charge in [0.15, 0.2) is 0 Å². The summed E-state index contributed by atoms with van der Waals surface area (Å²) in [5, 5.41) is 3.48. The Bertz CT molecular complexity index is 388. The summed E-state index contributed by atoms with van der Waals surface area (Å²) in [6.07, 6.45) is 7.09. The lowest BCUT2D eigenvalue weighted by Gasteiger charge is -2.41. The van der Waals surface area contributed by atoms with Crippen LogP contribution >= 0.6 is 15.9 Å². The lowest BCUT2D eigenvalue weighted by molar-refractivity contribution is 0.103. The summed E-state index contributed by atoms with van der Waals surface area (Å²) in [6.45, 7) is 4.66. The molecule has 20 heavy (non-hydrogen) atoms. The summed E-state index contributed by atoms with van der Waals surface area (Å²) < 4.78 is 1.18. The number of nitrogens with zero attached hydrogens (tertiary/aromatic N) is 1. The first-order valence-electron chi connectivity index (χ1n) is 8.05. The van der Waals surface area contributed by atoms with Gasteiger partial charge in [-0.25, -0.2) is 0 Å². The third-order valence-corrected chi connectivity index (χ3v) is 5.38. The highest BCUT2D eigenvalue weighted by Gasteiger charge is 2.30. The van der Waals surface area contributed by atoms with Crippen LogP contribution in [0.4, 0.5) is 0 Å². The molecule has 1 saturated heterocycles. The van der Waals surface area contributed by atoms with E-state index in [1.165, 1.54) is 55.2 Å². The Balaban J connectivity index is 1.83. The molecule has 1 aliphatic carbocycles. The molecule has 1 N–H and O–H groups in total. The first-order valence-corrected chi connectivity index (χ1v) is 8.84. The van der Waals surface area contributed by atoms with Crippen molar-refractivity contribution in [3.63, 3.8) is 0 Å². The van der Waals surface area contributed by atoms with Crippen molar-refractivity contribution in [2.45, 2.75) is 38.1 Å². The summed E-state index contributed by atoms with van der Waals surface area (Å²) in [5.41, 5.74) is 1.52. The highest BCUT2D eigenvalue weighted by Crippen LogP contribution is 2.38. The van der Waals surface area contributed by atoms with Crippen LogP contribution in [-0.2, 0) is 0 Å². The molecule has 1 heterocycles. The molecular formula is C17H25BrN2. The molecule has 1 saturated carbocycles. The maximum atomic E-state index is 3.56. The summed E-state index contributed by atoms with van der Waals surface area (Å²) in [5.74, 6) is 0.850. The van der Waals surface area contributed by atoms with E-state index in [-0.39, 0.29) is 0 Å². The summed E-state index contributed by atoms with van der Waals surface area (Å²) in [6, 6.07) is 9.68. The number of piperazine rings is 1. The fourth-order valence-corrected chi connectivity index (χ4v) is 4.12. The molecule has 1 aliphatic heterocycles. The van der Waals surface area contributed by atoms with E-state index >= 15 is 0 Å². The predicted molar refractivity (Wildman–Crippen MR) is 87.9 cm³/mol. The topological polar surface area (TPSA) is 15.3 Å². The summed E-state index contributed by atoms with van der Waals surface area (Å²) >= 11 is 3.56. The fraction of sp³-hybridized carbons (Fsp3) is 0.647. The van der Waals surface area contributed by atoms with Crippen LogP contribution in [0.2, 0.25) is 0 Å². The van der Waals surface area contributed by atoms with Crippen molar-refractivity contribution in [1.29, 1.82) is 0 Å². The molecule has 3 rings (SSSR count). The SMILES string of the molecule is Brc1ccc([C@@H](C2CCCCC2)N2CCNCC2)cc1. The van der Waals surface area contributed by atoms with E-state index in [1.54, 1.807) is 0 Å². The van der Waals surface area contributed by atoms with Crippen LogP contribution in [0.1, 0.15) is 43.7 Å². The number of halogens is 1. The van der Waals surface area contributed by atoms with Gasteiger partial charge in [-0.2, -0.15) is 0 Å². The molecule has 3 heteroatoms. The van der Waals surface area contributed by atoms with E-state index in [4.69, 9.17) is 0 Å². The second kappa shape index (κ2) is 7.06. The molecule has 0 radical (unpaired) electrons. The van der Waals surface area contributed by atoms with Gasteiger partial charge in [-0.05, 0) is 36.5 Å². The van der Waals surface area contributed by atoms with E-state index in [0.29, 0.717) is 6.04 Å². The monoisotopic (exact) mass is 336 g/mol. The fourth-order valence-electron chi connectivity index (χ4n) is 3.85. The zero-order valence-electron chi connectivity index (χ0n) is 12.2. The third-order valence-electron chi connectivity index (χ3n) is 4.85. The van der Waals surface area contributed by atoms with Crippen molar-refractivity contribution in [1.82, 2.24) is 10.2 Å². The van der Waals surface area contributed by atoms with Crippen molar-refractivity contribution >= 4 is 15.9 Å². The van der Waals surface area contributed by atoms with Crippen LogP contribution in [0.3, 0.4) is 0 Å². The lowest BCUT2D eigenvalue weighted by atomic mass is 9.80. The van der Waals surface area contributed by atoms with Crippen molar-refractivity contribution in [3.8, 4) is 0 Å². The molecular weight excluding hydrogens is 312 g/mol. The van der Waals surface area contributed by atoms with Gasteiger partial charge in [0.05, 0.1) is 0 Å². The normalized spacial score (nSPS) is 23.6. The average Bonchev–Trinajstić information content (AvgIpc) is 2.52. The molecule has 0 amide bonds. The number of rotatable bonds is 3. The molecule has 0 spiro atoms. The second-order valence-corrected chi connectivity index (χ2v) is 7.10. The molecule has 1 aromatic rings. The van der Waals surface area contributed by atoms with Crippen molar-refractivity contribution in [2.75, 3.05) is 26.2 Å². The Morgan fingerprint density at radius 1 is 1.00 bits per heavy atom. The zero-order chi connectivity index (χ0) is 13.8. The quantitative estimate of drug-likeness (QED) is 0.898. The minimum Gasteiger partial charge on any atom is -0.314 e. The van der Waals surface area contributed by atoms with Crippen molar-refractivity contribution in [2.24, 2.45) is 5.92 Å². The number of hydrogen-bond acceptors (Lipinski definition) is 2. The number of benzene rings is 1. The van der Waals surface area contributed by atoms with Gasteiger partial charge in [-0.15, -0.1) is 0 Å². The number of nitrogens with one attached hydrogen (secondary N) is 1. The zero-order valence-corrected chi connectivity index (χ0v) is 13.7. The Morgan fingerprint density at radius 2 is 1.65 bits per heavy atom. The van der Waals surface area contributed by atoms with Gasteiger partial charge in [0.25, 0.3) is 0 Å². The van der Waals surface area contributed by atoms with Crippen LogP contribution in [0.25, 0.3) is 0 Å². The molecule has 0 aromatic heterocycles. The van der Waals surface area contributed by atoms with Gasteiger partial charge < -0.3 is 5.32 Å². The molecule has 2 aliphatic rings. The maximum Gasteiger partial charge on any atom is 0.0377 e. The summed E-state index contributed by atoms with van der Waals surface area (Å²) in [7, 11) is 0. The van der Waals surface area contributed by atoms with Gasteiger partial charge in [0.2, 0.25) is 0 Å². The van der Waals surface area contributed by atoms with Crippen molar-refractivity contribution in [3.05, 3.63) is 34.3 Å². The Labute approximate surface area is 131 Å². The lowest BCUT2D eigenvalue weighted by Crippen LogP contribution is -2.47. The molecule has 110 valence electrons. The van der Waals surface area contributed by atoms with Gasteiger partial charge in [0.1, 0.15) is 0 Å². The highest BCUT2D eigenvalue weighted by molar-refractivity contribution is 9.10. The largest absolute Gasteiger partial charge is 0.314 e. The standard InChI is InChI=1S/C17H25BrN2/c18-16-8-6-15(7-9-16)17(14-4-2-1-3-5-14)20-12-10-19-11-13-20/h6-9,14,17,19H,1-5,10-13H2/t17-/m1/s1. The Kier molecular flexibility index (Phi) is 5.14. The average molecular weight is 337 g/mol. The maximum absolute atomic E-state index is 3.56. The minimum absolute atomic E-state index is 0.630. The molecule has 1 aromatic carbocycles. The second-order valence-electron chi connectivity index (χ2n) is 6.18. The first-order chi connectivity index (χ1) is 9.84. The van der Waals surface area contributed by atoms with Crippen LogP contribution in [0.15, 0.2) is 28.7 Å². The van der Waals surface area contributed by atoms with E-state index < -0.39 is 0 Å². The van der Waals surface area contributed by atoms with Gasteiger partial charge in [-0.1, -0.05) is 47.3 Å². The van der Waals surface area contributed by atoms with Crippen LogP contribution < -0.4 is 5.32 Å². The first kappa shape index (κ1) is 14.6. The van der Waals surface area contributed by atoms with Crippen molar-refractivity contribution < 1.29 is 0 Å². The Hall–Kier alpha value is -0.380. The van der Waals surface area contributed by atoms with E-state index in [2.05, 4.69) is 50.4 Å². The van der Waals surface area contributed by atoms with Gasteiger partial charge in [-0.3, -0.25) is 4.90 Å². The Morgan fingerprint density at radius 3 is 2.30 bits per heavy atom. The van der Waals surface area contributed by atoms with Gasteiger partial charge >= 0.3 is 0 Å². The van der Waals surface area contributed by atoms with E-state index in [9.17, 15) is 0 Å². The predicted octanol–water partition coefficient (Wildman–Crippen LogP) is 3.98. The number of hydrogen-bond donors (Lipinski definition) is 1. The van der Waals surface area contributed by atoms with Crippen LogP contribution in [0, 0.1) is 5.92 Å². The molecule has 0 unspecified atom stereocenters. The molecule has 0 bridgehead atoms. The van der Waals surface area contributed by atoms with Crippen LogP contribution in [-0.4, -0.2) is 31.1 Å². The van der Waals surface area contributed by atoms with E-state index in [0.717, 1.165) is 19.0 Å². The van der Waals surface area contributed by atoms with Gasteiger partial charge in [0, 0.05) is 36.7 Å². The summed E-state index contributed by atoms with van der Waals surface area (Å²) in [4.78, 5) is 2.72. The van der Waals surface area contributed by atoms with E-state index in [1.807, 2.05) is 0 Å². The smallest absolute Gasteiger partial charge is 0.0377 e. The van der Waals surface area contributed by atoms with Crippen LogP contribution in [0.5, 0.6) is 0 Å². The third kappa shape index (κ3) is 3.44. The molecule has 2 fully saturated rings. The highest BCUT2D eigenvalue weighted by atomic mass is 79.9. The molecule has 1 atom stereocenters.